The number of hydrogen-bond donors (Lipinski definition) is 0. The summed E-state index contributed by atoms with van der Waals surface area (Å²) in [5.41, 5.74) is 1.91. The summed E-state index contributed by atoms with van der Waals surface area (Å²) in [7, 11) is 1.95. The van der Waals surface area contributed by atoms with E-state index in [0.717, 1.165) is 34.9 Å². The van der Waals surface area contributed by atoms with Crippen LogP contribution in [0.1, 0.15) is 53.2 Å². The van der Waals surface area contributed by atoms with Crippen LogP contribution in [0, 0.1) is 6.92 Å². The number of nitrogens with zero attached hydrogens (tertiary/aromatic N) is 2. The molecule has 128 valence electrons. The number of benzene rings is 1. The Morgan fingerprint density at radius 2 is 1.96 bits per heavy atom. The number of aromatic nitrogens is 1. The number of carbonyl (C=O) groups excluding carboxylic acids is 1. The average molecular weight is 361 g/mol. The molecular formula is C19H24N2OS2. The molecule has 2 aromatic rings. The molecule has 5 heteroatoms. The molecule has 1 aromatic carbocycles. The van der Waals surface area contributed by atoms with Gasteiger partial charge in [-0.1, -0.05) is 19.3 Å². The first-order valence-corrected chi connectivity index (χ1v) is 10.4. The molecule has 0 bridgehead atoms. The molecule has 0 unspecified atom stereocenters. The van der Waals surface area contributed by atoms with Crippen LogP contribution in [-0.2, 0) is 5.75 Å². The quantitative estimate of drug-likeness (QED) is 0.692. The van der Waals surface area contributed by atoms with Crippen LogP contribution < -0.4 is 0 Å². The van der Waals surface area contributed by atoms with Crippen LogP contribution in [0.4, 0.5) is 0 Å². The van der Waals surface area contributed by atoms with E-state index in [-0.39, 0.29) is 5.91 Å². The zero-order chi connectivity index (χ0) is 16.9. The number of thiazole rings is 1. The Morgan fingerprint density at radius 3 is 2.58 bits per heavy atom. The SMILES string of the molecule is Cc1nc(CSc2ccc(C(=O)N(C)C3CCCCC3)cc2)cs1. The van der Waals surface area contributed by atoms with E-state index in [1.807, 2.05) is 43.1 Å². The fourth-order valence-corrected chi connectivity index (χ4v) is 4.67. The molecule has 1 saturated carbocycles. The number of carbonyl (C=O) groups is 1. The number of amides is 1. The van der Waals surface area contributed by atoms with Crippen LogP contribution in [-0.4, -0.2) is 28.9 Å². The van der Waals surface area contributed by atoms with E-state index in [1.54, 1.807) is 23.1 Å². The Bertz CT molecular complexity index is 675. The standard InChI is InChI=1S/C19H24N2OS2/c1-14-20-16(12-23-14)13-24-18-10-8-15(9-11-18)19(22)21(2)17-6-4-3-5-7-17/h8-12,17H,3-7,13H2,1-2H3. The van der Waals surface area contributed by atoms with Gasteiger partial charge in [-0.15, -0.1) is 23.1 Å². The predicted octanol–water partition coefficient (Wildman–Crippen LogP) is 5.15. The Hall–Kier alpha value is -1.33. The Labute approximate surface area is 152 Å². The Kier molecular flexibility index (Phi) is 5.95. The maximum atomic E-state index is 12.6. The van der Waals surface area contributed by atoms with E-state index in [0.29, 0.717) is 6.04 Å². The first kappa shape index (κ1) is 17.5. The lowest BCUT2D eigenvalue weighted by molar-refractivity contribution is 0.0696. The summed E-state index contributed by atoms with van der Waals surface area (Å²) in [6.07, 6.45) is 6.08. The lowest BCUT2D eigenvalue weighted by atomic mass is 9.94. The molecule has 1 aliphatic rings. The summed E-state index contributed by atoms with van der Waals surface area (Å²) in [5, 5.41) is 3.22. The minimum Gasteiger partial charge on any atom is -0.339 e. The number of aryl methyl sites for hydroxylation is 1. The van der Waals surface area contributed by atoms with Gasteiger partial charge in [0.15, 0.2) is 0 Å². The third kappa shape index (κ3) is 4.39. The minimum absolute atomic E-state index is 0.147. The van der Waals surface area contributed by atoms with E-state index in [9.17, 15) is 4.79 Å². The molecule has 1 fully saturated rings. The van der Waals surface area contributed by atoms with Crippen LogP contribution >= 0.6 is 23.1 Å². The van der Waals surface area contributed by atoms with Crippen molar-refractivity contribution in [2.24, 2.45) is 0 Å². The van der Waals surface area contributed by atoms with Gasteiger partial charge in [-0.05, 0) is 44.0 Å². The molecule has 0 atom stereocenters. The maximum absolute atomic E-state index is 12.6. The van der Waals surface area contributed by atoms with Crippen molar-refractivity contribution in [2.75, 3.05) is 7.05 Å². The van der Waals surface area contributed by atoms with Crippen LogP contribution in [0.15, 0.2) is 34.5 Å². The predicted molar refractivity (Wildman–Crippen MR) is 102 cm³/mol. The van der Waals surface area contributed by atoms with Crippen molar-refractivity contribution < 1.29 is 4.79 Å². The van der Waals surface area contributed by atoms with Crippen LogP contribution in [0.5, 0.6) is 0 Å². The number of thioether (sulfide) groups is 1. The second-order valence-electron chi connectivity index (χ2n) is 6.38. The zero-order valence-corrected chi connectivity index (χ0v) is 16.0. The number of hydrogen-bond acceptors (Lipinski definition) is 4. The summed E-state index contributed by atoms with van der Waals surface area (Å²) in [5.74, 6) is 1.02. The summed E-state index contributed by atoms with van der Waals surface area (Å²) in [6.45, 7) is 2.03. The van der Waals surface area contributed by atoms with Crippen LogP contribution in [0.25, 0.3) is 0 Å². The van der Waals surface area contributed by atoms with Gasteiger partial charge >= 0.3 is 0 Å². The minimum atomic E-state index is 0.147. The Morgan fingerprint density at radius 1 is 1.25 bits per heavy atom. The van der Waals surface area contributed by atoms with Crippen molar-refractivity contribution >= 4 is 29.0 Å². The molecule has 3 rings (SSSR count). The molecule has 1 aliphatic carbocycles. The van der Waals surface area contributed by atoms with E-state index in [4.69, 9.17) is 0 Å². The second-order valence-corrected chi connectivity index (χ2v) is 8.49. The molecule has 24 heavy (non-hydrogen) atoms. The molecule has 1 aromatic heterocycles. The topological polar surface area (TPSA) is 33.2 Å². The van der Waals surface area contributed by atoms with Gasteiger partial charge in [0.2, 0.25) is 0 Å². The third-order valence-electron chi connectivity index (χ3n) is 4.60. The Balaban J connectivity index is 1.57. The third-order valence-corrected chi connectivity index (χ3v) is 6.47. The first-order chi connectivity index (χ1) is 11.6. The van der Waals surface area contributed by atoms with Crippen molar-refractivity contribution in [3.05, 3.63) is 45.9 Å². The second kappa shape index (κ2) is 8.17. The molecule has 0 radical (unpaired) electrons. The number of rotatable bonds is 5. The fraction of sp³-hybridized carbons (Fsp3) is 0.474. The van der Waals surface area contributed by atoms with E-state index < -0.39 is 0 Å². The lowest BCUT2D eigenvalue weighted by Gasteiger charge is -2.31. The lowest BCUT2D eigenvalue weighted by Crippen LogP contribution is -2.38. The fourth-order valence-electron chi connectivity index (χ4n) is 3.16. The summed E-state index contributed by atoms with van der Waals surface area (Å²) < 4.78 is 0. The molecule has 0 N–H and O–H groups in total. The zero-order valence-electron chi connectivity index (χ0n) is 14.3. The largest absolute Gasteiger partial charge is 0.339 e. The summed E-state index contributed by atoms with van der Waals surface area (Å²) in [4.78, 5) is 20.3. The normalized spacial score (nSPS) is 15.4. The van der Waals surface area contributed by atoms with Gasteiger partial charge in [0.1, 0.15) is 0 Å². The van der Waals surface area contributed by atoms with Crippen LogP contribution in [0.2, 0.25) is 0 Å². The highest BCUT2D eigenvalue weighted by atomic mass is 32.2. The maximum Gasteiger partial charge on any atom is 0.253 e. The summed E-state index contributed by atoms with van der Waals surface area (Å²) >= 11 is 3.45. The monoisotopic (exact) mass is 360 g/mol. The van der Waals surface area contributed by atoms with Crippen LogP contribution in [0.3, 0.4) is 0 Å². The molecule has 0 spiro atoms. The molecule has 0 saturated heterocycles. The van der Waals surface area contributed by atoms with Crippen molar-refractivity contribution in [3.63, 3.8) is 0 Å². The van der Waals surface area contributed by atoms with Gasteiger partial charge in [-0.2, -0.15) is 0 Å². The highest BCUT2D eigenvalue weighted by Gasteiger charge is 2.22. The molecule has 1 heterocycles. The van der Waals surface area contributed by atoms with Gasteiger partial charge in [0.25, 0.3) is 5.91 Å². The van der Waals surface area contributed by atoms with Gasteiger partial charge in [0, 0.05) is 34.7 Å². The molecule has 1 amide bonds. The molecule has 3 nitrogen and oxygen atoms in total. The smallest absolute Gasteiger partial charge is 0.253 e. The van der Waals surface area contributed by atoms with Crippen molar-refractivity contribution in [3.8, 4) is 0 Å². The van der Waals surface area contributed by atoms with E-state index in [2.05, 4.69) is 10.4 Å². The van der Waals surface area contributed by atoms with Crippen molar-refractivity contribution in [1.82, 2.24) is 9.88 Å². The summed E-state index contributed by atoms with van der Waals surface area (Å²) in [6, 6.07) is 8.41. The highest BCUT2D eigenvalue weighted by Crippen LogP contribution is 2.26. The molecular weight excluding hydrogens is 336 g/mol. The van der Waals surface area contributed by atoms with Gasteiger partial charge < -0.3 is 4.90 Å². The van der Waals surface area contributed by atoms with E-state index >= 15 is 0 Å². The van der Waals surface area contributed by atoms with Gasteiger partial charge in [0.05, 0.1) is 10.7 Å². The highest BCUT2D eigenvalue weighted by molar-refractivity contribution is 7.98. The first-order valence-electron chi connectivity index (χ1n) is 8.54. The van der Waals surface area contributed by atoms with Gasteiger partial charge in [-0.25, -0.2) is 4.98 Å². The van der Waals surface area contributed by atoms with Crippen molar-refractivity contribution in [1.29, 1.82) is 0 Å². The average Bonchev–Trinajstić information content (AvgIpc) is 3.05. The van der Waals surface area contributed by atoms with Gasteiger partial charge in [-0.3, -0.25) is 4.79 Å². The molecule has 0 aliphatic heterocycles. The van der Waals surface area contributed by atoms with Crippen molar-refractivity contribution in [2.45, 2.75) is 55.7 Å². The van der Waals surface area contributed by atoms with E-state index in [1.165, 1.54) is 24.2 Å².